The second kappa shape index (κ2) is 3.91. The number of hydrogen-bond donors (Lipinski definition) is 3. The van der Waals surface area contributed by atoms with Crippen molar-refractivity contribution in [3.8, 4) is 5.75 Å². The Bertz CT molecular complexity index is 334. The molecule has 0 radical (unpaired) electrons. The van der Waals surface area contributed by atoms with Gasteiger partial charge < -0.3 is 15.9 Å². The van der Waals surface area contributed by atoms with Gasteiger partial charge in [0.15, 0.2) is 0 Å². The van der Waals surface area contributed by atoms with E-state index in [2.05, 4.69) is 0 Å². The number of carboxylic acids is 1. The van der Waals surface area contributed by atoms with Crippen LogP contribution in [0.25, 0.3) is 0 Å². The van der Waals surface area contributed by atoms with E-state index in [1.807, 2.05) is 0 Å². The molecule has 1 atom stereocenters. The SMILES string of the molecule is [3H][C@](N)(Cc1ccc(O)cc1)C(=O)O. The molecular formula is C9H11NO3. The summed E-state index contributed by atoms with van der Waals surface area (Å²) < 4.78 is 7.29. The third-order valence-electron chi connectivity index (χ3n) is 1.61. The van der Waals surface area contributed by atoms with E-state index >= 15 is 0 Å². The molecule has 0 fully saturated rings. The van der Waals surface area contributed by atoms with Crippen LogP contribution in [0.1, 0.15) is 6.93 Å². The quantitative estimate of drug-likeness (QED) is 0.631. The number of carboxylic acid groups (broad SMARTS) is 1. The summed E-state index contributed by atoms with van der Waals surface area (Å²) >= 11 is 0. The molecule has 1 rings (SSSR count). The fourth-order valence-corrected chi connectivity index (χ4v) is 0.909. The predicted molar refractivity (Wildman–Crippen MR) is 47.4 cm³/mol. The molecule has 4 heteroatoms. The summed E-state index contributed by atoms with van der Waals surface area (Å²) in [6, 6.07) is 3.90. The second-order valence-electron chi connectivity index (χ2n) is 2.67. The first-order valence-electron chi connectivity index (χ1n) is 4.22. The maximum absolute atomic E-state index is 10.5. The van der Waals surface area contributed by atoms with Gasteiger partial charge in [0.2, 0.25) is 0 Å². The number of phenolic OH excluding ortho intramolecular Hbond substituents is 1. The Hall–Kier alpha value is -1.55. The van der Waals surface area contributed by atoms with E-state index in [9.17, 15) is 4.79 Å². The smallest absolute Gasteiger partial charge is 0.320 e. The molecule has 0 aliphatic carbocycles. The van der Waals surface area contributed by atoms with Crippen molar-refractivity contribution in [2.75, 3.05) is 0 Å². The van der Waals surface area contributed by atoms with Crippen LogP contribution in [0.3, 0.4) is 0 Å². The van der Waals surface area contributed by atoms with Gasteiger partial charge in [-0.05, 0) is 24.1 Å². The standard InChI is InChI=1S/C9H11NO3/c10-8(9(12)13)5-6-1-3-7(11)4-2-6/h1-4,8,11H,5,10H2,(H,12,13)/t8-/m0/s1/i8T. The molecule has 0 spiro atoms. The van der Waals surface area contributed by atoms with Crippen molar-refractivity contribution in [1.29, 1.82) is 0 Å². The second-order valence-corrected chi connectivity index (χ2v) is 2.67. The van der Waals surface area contributed by atoms with Crippen molar-refractivity contribution < 1.29 is 16.4 Å². The average Bonchev–Trinajstić information content (AvgIpc) is 2.08. The van der Waals surface area contributed by atoms with Crippen LogP contribution in [-0.4, -0.2) is 22.2 Å². The fourth-order valence-electron chi connectivity index (χ4n) is 0.909. The molecule has 0 amide bonds. The molecule has 1 aromatic rings. The summed E-state index contributed by atoms with van der Waals surface area (Å²) in [5.74, 6) is -1.28. The van der Waals surface area contributed by atoms with Gasteiger partial charge in [0.25, 0.3) is 0 Å². The molecule has 0 aliphatic heterocycles. The largest absolute Gasteiger partial charge is 0.508 e. The lowest BCUT2D eigenvalue weighted by atomic mass is 10.1. The normalized spacial score (nSPS) is 15.9. The minimum Gasteiger partial charge on any atom is -0.508 e. The van der Waals surface area contributed by atoms with Crippen LogP contribution < -0.4 is 5.73 Å². The maximum atomic E-state index is 10.5. The Kier molecular flexibility index (Phi) is 2.43. The van der Waals surface area contributed by atoms with Gasteiger partial charge in [-0.25, -0.2) is 0 Å². The van der Waals surface area contributed by atoms with E-state index in [1.54, 1.807) is 0 Å². The number of aromatic hydroxyl groups is 1. The number of rotatable bonds is 3. The third-order valence-corrected chi connectivity index (χ3v) is 1.61. The zero-order chi connectivity index (χ0) is 10.8. The fraction of sp³-hybridized carbons (Fsp3) is 0.222. The molecule has 1 aromatic carbocycles. The summed E-state index contributed by atoms with van der Waals surface area (Å²) in [6.45, 7) is 0. The topological polar surface area (TPSA) is 83.5 Å². The van der Waals surface area contributed by atoms with Gasteiger partial charge >= 0.3 is 5.97 Å². The van der Waals surface area contributed by atoms with Gasteiger partial charge in [0, 0.05) is 0 Å². The first kappa shape index (κ1) is 8.07. The molecule has 0 bridgehead atoms. The summed E-state index contributed by atoms with van der Waals surface area (Å²) in [4.78, 5) is 10.5. The van der Waals surface area contributed by atoms with Crippen LogP contribution in [0, 0.1) is 0 Å². The van der Waals surface area contributed by atoms with Gasteiger partial charge in [-0.1, -0.05) is 12.1 Å². The average molecular weight is 183 g/mol. The number of benzene rings is 1. The minimum atomic E-state index is -2.02. The van der Waals surface area contributed by atoms with E-state index in [0.717, 1.165) is 0 Å². The summed E-state index contributed by atoms with van der Waals surface area (Å²) in [5.41, 5.74) is 5.83. The van der Waals surface area contributed by atoms with Crippen molar-refractivity contribution in [2.24, 2.45) is 5.73 Å². The molecule has 0 saturated heterocycles. The Balaban J connectivity index is 2.79. The van der Waals surface area contributed by atoms with E-state index in [-0.39, 0.29) is 12.2 Å². The van der Waals surface area contributed by atoms with E-state index in [0.29, 0.717) is 5.56 Å². The highest BCUT2D eigenvalue weighted by atomic mass is 16.4. The highest BCUT2D eigenvalue weighted by molar-refractivity contribution is 5.73. The lowest BCUT2D eigenvalue weighted by Gasteiger charge is -2.05. The summed E-state index contributed by atoms with van der Waals surface area (Å²) in [5, 5.41) is 17.6. The first-order chi connectivity index (χ1) is 6.42. The molecule has 0 heterocycles. The number of carbonyl (C=O) groups is 1. The lowest BCUT2D eigenvalue weighted by molar-refractivity contribution is -0.138. The van der Waals surface area contributed by atoms with Crippen LogP contribution in [0.2, 0.25) is 0 Å². The predicted octanol–water partition coefficient (Wildman–Crippen LogP) is 0.347. The molecule has 4 N–H and O–H groups in total. The monoisotopic (exact) mass is 183 g/mol. The Morgan fingerprint density at radius 3 is 2.54 bits per heavy atom. The van der Waals surface area contributed by atoms with Crippen molar-refractivity contribution in [3.63, 3.8) is 0 Å². The van der Waals surface area contributed by atoms with Gasteiger partial charge in [0.1, 0.15) is 11.8 Å². The number of aliphatic carboxylic acids is 1. The molecule has 4 nitrogen and oxygen atoms in total. The van der Waals surface area contributed by atoms with Crippen molar-refractivity contribution in [2.45, 2.75) is 12.4 Å². The highest BCUT2D eigenvalue weighted by Crippen LogP contribution is 2.10. The van der Waals surface area contributed by atoms with Gasteiger partial charge in [-0.2, -0.15) is 0 Å². The summed E-state index contributed by atoms with van der Waals surface area (Å²) in [6.07, 6.45) is -0.0946. The Morgan fingerprint density at radius 1 is 1.54 bits per heavy atom. The van der Waals surface area contributed by atoms with Crippen LogP contribution in [0.5, 0.6) is 5.75 Å². The lowest BCUT2D eigenvalue weighted by Crippen LogP contribution is -2.32. The first-order valence-corrected chi connectivity index (χ1v) is 3.72. The number of nitrogens with two attached hydrogens (primary N) is 1. The molecule has 0 aromatic heterocycles. The van der Waals surface area contributed by atoms with Crippen LogP contribution >= 0.6 is 0 Å². The highest BCUT2D eigenvalue weighted by Gasteiger charge is 2.11. The molecular weight excluding hydrogens is 170 g/mol. The van der Waals surface area contributed by atoms with Crippen molar-refractivity contribution in [3.05, 3.63) is 29.8 Å². The zero-order valence-electron chi connectivity index (χ0n) is 7.90. The van der Waals surface area contributed by atoms with Gasteiger partial charge in [0.05, 0.1) is 1.37 Å². The molecule has 0 aliphatic rings. The third kappa shape index (κ3) is 2.76. The maximum Gasteiger partial charge on any atom is 0.320 e. The number of hydrogen-bond acceptors (Lipinski definition) is 3. The molecule has 13 heavy (non-hydrogen) atoms. The zero-order valence-corrected chi connectivity index (χ0v) is 6.90. The number of phenols is 1. The van der Waals surface area contributed by atoms with Gasteiger partial charge in [-0.3, -0.25) is 4.79 Å². The Morgan fingerprint density at radius 2 is 2.08 bits per heavy atom. The summed E-state index contributed by atoms with van der Waals surface area (Å²) in [7, 11) is 0. The van der Waals surface area contributed by atoms with Crippen LogP contribution in [0.4, 0.5) is 0 Å². The Labute approximate surface area is 77.0 Å². The van der Waals surface area contributed by atoms with Crippen molar-refractivity contribution >= 4 is 5.97 Å². The van der Waals surface area contributed by atoms with E-state index in [1.165, 1.54) is 24.3 Å². The molecule has 0 unspecified atom stereocenters. The van der Waals surface area contributed by atoms with Gasteiger partial charge in [-0.15, -0.1) is 0 Å². The molecule has 0 saturated carbocycles. The van der Waals surface area contributed by atoms with Crippen molar-refractivity contribution in [1.82, 2.24) is 0 Å². The minimum absolute atomic E-state index is 0.0941. The van der Waals surface area contributed by atoms with E-state index < -0.39 is 12.0 Å². The van der Waals surface area contributed by atoms with E-state index in [4.69, 9.17) is 17.3 Å². The molecule has 70 valence electrons. The van der Waals surface area contributed by atoms with Crippen LogP contribution in [-0.2, 0) is 11.2 Å². The van der Waals surface area contributed by atoms with Crippen LogP contribution in [0.15, 0.2) is 24.3 Å².